The van der Waals surface area contributed by atoms with Crippen molar-refractivity contribution in [2.75, 3.05) is 5.33 Å². The number of alkyl halides is 1. The Balaban J connectivity index is 3.01. The zero-order valence-corrected chi connectivity index (χ0v) is 9.48. The Morgan fingerprint density at radius 3 is 2.75 bits per heavy atom. The summed E-state index contributed by atoms with van der Waals surface area (Å²) >= 11 is 9.39. The average Bonchev–Trinajstić information content (AvgIpc) is 2.03. The molecule has 0 fully saturated rings. The lowest BCUT2D eigenvalue weighted by molar-refractivity contribution is 0.875. The third-order valence-electron chi connectivity index (χ3n) is 1.78. The van der Waals surface area contributed by atoms with E-state index in [2.05, 4.69) is 27.8 Å². The van der Waals surface area contributed by atoms with Crippen LogP contribution in [0.3, 0.4) is 0 Å². The smallest absolute Gasteiger partial charge is 0.132 e. The predicted octanol–water partition coefficient (Wildman–Crippen LogP) is 3.54. The van der Waals surface area contributed by atoms with Crippen molar-refractivity contribution in [1.29, 1.82) is 0 Å². The van der Waals surface area contributed by atoms with Crippen LogP contribution >= 0.6 is 27.5 Å². The first-order valence-electron chi connectivity index (χ1n) is 3.84. The maximum atomic E-state index is 5.97. The minimum Gasteiger partial charge on any atom is -0.241 e. The van der Waals surface area contributed by atoms with Crippen LogP contribution in [-0.4, -0.2) is 10.3 Å². The lowest BCUT2D eigenvalue weighted by Gasteiger charge is -2.09. The summed E-state index contributed by atoms with van der Waals surface area (Å²) < 4.78 is 0. The molecule has 1 heterocycles. The van der Waals surface area contributed by atoms with Crippen molar-refractivity contribution in [3.8, 4) is 0 Å². The maximum Gasteiger partial charge on any atom is 0.132 e. The molecular weight excluding hydrogens is 237 g/mol. The topological polar surface area (TPSA) is 12.9 Å². The molecule has 12 heavy (non-hydrogen) atoms. The van der Waals surface area contributed by atoms with Gasteiger partial charge in [-0.25, -0.2) is 4.98 Å². The lowest BCUT2D eigenvalue weighted by Crippen LogP contribution is -1.97. The van der Waals surface area contributed by atoms with E-state index in [1.54, 1.807) is 0 Å². The molecule has 1 unspecified atom stereocenters. The minimum atomic E-state index is 0.422. The lowest BCUT2D eigenvalue weighted by atomic mass is 10.1. The molecule has 0 aliphatic carbocycles. The first kappa shape index (κ1) is 10.0. The molecule has 1 rings (SSSR count). The van der Waals surface area contributed by atoms with Crippen LogP contribution in [0.1, 0.15) is 24.1 Å². The van der Waals surface area contributed by atoms with Crippen molar-refractivity contribution in [3.05, 3.63) is 28.5 Å². The van der Waals surface area contributed by atoms with Crippen molar-refractivity contribution in [1.82, 2.24) is 4.98 Å². The maximum absolute atomic E-state index is 5.97. The van der Waals surface area contributed by atoms with E-state index in [1.807, 2.05) is 19.1 Å². The summed E-state index contributed by atoms with van der Waals surface area (Å²) in [5, 5.41) is 1.54. The summed E-state index contributed by atoms with van der Waals surface area (Å²) in [4.78, 5) is 4.19. The highest BCUT2D eigenvalue weighted by atomic mass is 79.9. The summed E-state index contributed by atoms with van der Waals surface area (Å²) in [7, 11) is 0. The average molecular weight is 249 g/mol. The molecule has 1 aromatic rings. The summed E-state index contributed by atoms with van der Waals surface area (Å²) in [5.74, 6) is 0.422. The van der Waals surface area contributed by atoms with Gasteiger partial charge in [0.05, 0.1) is 0 Å². The summed E-state index contributed by atoms with van der Waals surface area (Å²) in [6.07, 6.45) is 0. The van der Waals surface area contributed by atoms with E-state index in [-0.39, 0.29) is 0 Å². The second-order valence-corrected chi connectivity index (χ2v) is 3.89. The molecule has 0 aliphatic rings. The molecule has 0 aromatic carbocycles. The Kier molecular flexibility index (Phi) is 3.53. The van der Waals surface area contributed by atoms with E-state index < -0.39 is 0 Å². The van der Waals surface area contributed by atoms with Crippen molar-refractivity contribution in [3.63, 3.8) is 0 Å². The van der Waals surface area contributed by atoms with Crippen LogP contribution in [0, 0.1) is 6.92 Å². The van der Waals surface area contributed by atoms with E-state index in [9.17, 15) is 0 Å². The van der Waals surface area contributed by atoms with Gasteiger partial charge in [-0.15, -0.1) is 0 Å². The molecule has 1 atom stereocenters. The van der Waals surface area contributed by atoms with Crippen molar-refractivity contribution in [2.24, 2.45) is 0 Å². The van der Waals surface area contributed by atoms with Crippen LogP contribution in [0.4, 0.5) is 0 Å². The van der Waals surface area contributed by atoms with Gasteiger partial charge >= 0.3 is 0 Å². The van der Waals surface area contributed by atoms with Gasteiger partial charge < -0.3 is 0 Å². The Labute approximate surface area is 86.3 Å². The molecule has 0 spiro atoms. The molecular formula is C9H11BrClN. The zero-order chi connectivity index (χ0) is 9.14. The SMILES string of the molecule is Cc1ccc(C(C)CBr)c(Cl)n1. The number of aromatic nitrogens is 1. The van der Waals surface area contributed by atoms with Crippen LogP contribution in [0.25, 0.3) is 0 Å². The van der Waals surface area contributed by atoms with Crippen molar-refractivity contribution >= 4 is 27.5 Å². The van der Waals surface area contributed by atoms with Crippen LogP contribution in [0.2, 0.25) is 5.15 Å². The standard InChI is InChI=1S/C9H11BrClN/c1-6(5-10)8-4-3-7(2)12-9(8)11/h3-4,6H,5H2,1-2H3. The molecule has 0 amide bonds. The monoisotopic (exact) mass is 247 g/mol. The number of rotatable bonds is 2. The minimum absolute atomic E-state index is 0.422. The Bertz CT molecular complexity index is 275. The second kappa shape index (κ2) is 4.24. The van der Waals surface area contributed by atoms with E-state index in [0.717, 1.165) is 16.6 Å². The number of aryl methyl sites for hydroxylation is 1. The number of halogens is 2. The summed E-state index contributed by atoms with van der Waals surface area (Å²) in [6.45, 7) is 4.06. The fraction of sp³-hybridized carbons (Fsp3) is 0.444. The predicted molar refractivity (Wildman–Crippen MR) is 56.2 cm³/mol. The normalized spacial score (nSPS) is 13.0. The largest absolute Gasteiger partial charge is 0.241 e. The van der Waals surface area contributed by atoms with Crippen molar-refractivity contribution in [2.45, 2.75) is 19.8 Å². The van der Waals surface area contributed by atoms with Crippen LogP contribution < -0.4 is 0 Å². The molecule has 1 nitrogen and oxygen atoms in total. The first-order valence-corrected chi connectivity index (χ1v) is 5.34. The van der Waals surface area contributed by atoms with E-state index in [0.29, 0.717) is 11.1 Å². The van der Waals surface area contributed by atoms with Gasteiger partial charge in [-0.3, -0.25) is 0 Å². The molecule has 1 aromatic heterocycles. The fourth-order valence-electron chi connectivity index (χ4n) is 0.987. The molecule has 0 N–H and O–H groups in total. The van der Waals surface area contributed by atoms with Gasteiger partial charge in [-0.1, -0.05) is 40.5 Å². The van der Waals surface area contributed by atoms with E-state index in [1.165, 1.54) is 0 Å². The highest BCUT2D eigenvalue weighted by Crippen LogP contribution is 2.24. The molecule has 3 heteroatoms. The third kappa shape index (κ3) is 2.20. The van der Waals surface area contributed by atoms with Gasteiger partial charge in [-0.2, -0.15) is 0 Å². The van der Waals surface area contributed by atoms with Gasteiger partial charge in [0.15, 0.2) is 0 Å². The molecule has 0 radical (unpaired) electrons. The first-order chi connectivity index (χ1) is 5.65. The van der Waals surface area contributed by atoms with Gasteiger partial charge in [0.25, 0.3) is 0 Å². The van der Waals surface area contributed by atoms with Gasteiger partial charge in [0.1, 0.15) is 5.15 Å². The zero-order valence-electron chi connectivity index (χ0n) is 7.14. The van der Waals surface area contributed by atoms with Gasteiger partial charge in [0.2, 0.25) is 0 Å². The fourth-order valence-corrected chi connectivity index (χ4v) is 1.72. The summed E-state index contributed by atoms with van der Waals surface area (Å²) in [6, 6.07) is 4.02. The molecule has 0 aliphatic heterocycles. The Morgan fingerprint density at radius 1 is 1.58 bits per heavy atom. The van der Waals surface area contributed by atoms with Crippen molar-refractivity contribution < 1.29 is 0 Å². The molecule has 0 saturated heterocycles. The Hall–Kier alpha value is -0.0800. The van der Waals surface area contributed by atoms with E-state index in [4.69, 9.17) is 11.6 Å². The number of hydrogen-bond acceptors (Lipinski definition) is 1. The highest BCUT2D eigenvalue weighted by molar-refractivity contribution is 9.09. The quantitative estimate of drug-likeness (QED) is 0.576. The number of nitrogens with zero attached hydrogens (tertiary/aromatic N) is 1. The highest BCUT2D eigenvalue weighted by Gasteiger charge is 2.08. The van der Waals surface area contributed by atoms with Crippen LogP contribution in [-0.2, 0) is 0 Å². The number of pyridine rings is 1. The van der Waals surface area contributed by atoms with Crippen LogP contribution in [0.15, 0.2) is 12.1 Å². The van der Waals surface area contributed by atoms with Gasteiger partial charge in [0, 0.05) is 11.0 Å². The van der Waals surface area contributed by atoms with Crippen LogP contribution in [0.5, 0.6) is 0 Å². The Morgan fingerprint density at radius 2 is 2.25 bits per heavy atom. The molecule has 0 bridgehead atoms. The second-order valence-electron chi connectivity index (χ2n) is 2.89. The summed E-state index contributed by atoms with van der Waals surface area (Å²) in [5.41, 5.74) is 2.07. The molecule has 66 valence electrons. The van der Waals surface area contributed by atoms with Gasteiger partial charge in [-0.05, 0) is 24.5 Å². The third-order valence-corrected chi connectivity index (χ3v) is 3.05. The molecule has 0 saturated carbocycles. The number of hydrogen-bond donors (Lipinski definition) is 0. The van der Waals surface area contributed by atoms with E-state index >= 15 is 0 Å².